The molecule has 7 nitrogen and oxygen atoms in total. The van der Waals surface area contributed by atoms with Crippen molar-refractivity contribution >= 4 is 27.8 Å². The third-order valence-electron chi connectivity index (χ3n) is 4.09. The van der Waals surface area contributed by atoms with Gasteiger partial charge in [-0.05, 0) is 36.6 Å². The van der Waals surface area contributed by atoms with Crippen molar-refractivity contribution in [2.75, 3.05) is 25.0 Å². The Morgan fingerprint density at radius 1 is 1.11 bits per heavy atom. The summed E-state index contributed by atoms with van der Waals surface area (Å²) in [6.45, 7) is 0.796. The van der Waals surface area contributed by atoms with Gasteiger partial charge in [-0.25, -0.2) is 8.42 Å². The van der Waals surface area contributed by atoms with Crippen molar-refractivity contribution in [3.8, 4) is 0 Å². The van der Waals surface area contributed by atoms with Gasteiger partial charge in [-0.1, -0.05) is 41.6 Å². The largest absolute Gasteiger partial charge is 0.386 e. The van der Waals surface area contributed by atoms with Crippen LogP contribution in [0.3, 0.4) is 0 Å². The quantitative estimate of drug-likeness (QED) is 0.584. The molecule has 27 heavy (non-hydrogen) atoms. The highest BCUT2D eigenvalue weighted by Gasteiger charge is 2.27. The van der Waals surface area contributed by atoms with Crippen LogP contribution < -0.4 is 5.32 Å². The first kappa shape index (κ1) is 19.1. The highest BCUT2D eigenvalue weighted by Crippen LogP contribution is 2.23. The van der Waals surface area contributed by atoms with Gasteiger partial charge >= 0.3 is 0 Å². The topological polar surface area (TPSA) is 88.1 Å². The fourth-order valence-electron chi connectivity index (χ4n) is 2.74. The molecule has 0 aromatic heterocycles. The van der Waals surface area contributed by atoms with Gasteiger partial charge in [-0.2, -0.15) is 4.31 Å². The average molecular weight is 387 g/mol. The molecule has 1 N–H and O–H groups in total. The Morgan fingerprint density at radius 3 is 2.59 bits per heavy atom. The van der Waals surface area contributed by atoms with Crippen molar-refractivity contribution in [1.29, 1.82) is 0 Å². The Kier molecular flexibility index (Phi) is 6.20. The molecule has 0 aliphatic carbocycles. The van der Waals surface area contributed by atoms with E-state index in [0.29, 0.717) is 18.8 Å². The number of nitrogens with zero attached hydrogens (tertiary/aromatic N) is 2. The fourth-order valence-corrected chi connectivity index (χ4v) is 4.31. The number of sulfonamides is 1. The number of anilines is 1. The van der Waals surface area contributed by atoms with E-state index in [1.165, 1.54) is 22.7 Å². The van der Waals surface area contributed by atoms with Crippen LogP contribution in [0.25, 0.3) is 0 Å². The van der Waals surface area contributed by atoms with Gasteiger partial charge in [0.25, 0.3) is 5.91 Å². The van der Waals surface area contributed by atoms with Crippen molar-refractivity contribution < 1.29 is 18.0 Å². The van der Waals surface area contributed by atoms with Gasteiger partial charge in [0.15, 0.2) is 6.61 Å². The molecule has 0 bridgehead atoms. The predicted molar refractivity (Wildman–Crippen MR) is 103 cm³/mol. The fraction of sp³-hybridized carbons (Fsp3) is 0.263. The minimum absolute atomic E-state index is 0.171. The summed E-state index contributed by atoms with van der Waals surface area (Å²) >= 11 is 0. The molecule has 0 radical (unpaired) electrons. The van der Waals surface area contributed by atoms with Crippen LogP contribution in [0.2, 0.25) is 0 Å². The maximum atomic E-state index is 12.6. The molecule has 1 amide bonds. The van der Waals surface area contributed by atoms with E-state index < -0.39 is 15.9 Å². The lowest BCUT2D eigenvalue weighted by Gasteiger charge is -2.16. The second-order valence-corrected chi connectivity index (χ2v) is 8.04. The van der Waals surface area contributed by atoms with E-state index in [4.69, 9.17) is 4.84 Å². The molecule has 0 spiro atoms. The monoisotopic (exact) mass is 387 g/mol. The molecule has 0 unspecified atom stereocenters. The molecule has 1 heterocycles. The number of amides is 1. The maximum absolute atomic E-state index is 12.6. The summed E-state index contributed by atoms with van der Waals surface area (Å²) in [5.74, 6) is -0.420. The van der Waals surface area contributed by atoms with Crippen molar-refractivity contribution in [3.05, 3.63) is 60.2 Å². The highest BCUT2D eigenvalue weighted by atomic mass is 32.2. The average Bonchev–Trinajstić information content (AvgIpc) is 3.22. The Labute approximate surface area is 158 Å². The lowest BCUT2D eigenvalue weighted by Crippen LogP contribution is -2.28. The van der Waals surface area contributed by atoms with Crippen molar-refractivity contribution in [3.63, 3.8) is 0 Å². The van der Waals surface area contributed by atoms with Crippen LogP contribution in [0.15, 0.2) is 64.6 Å². The minimum atomic E-state index is -3.52. The molecular formula is C19H21N3O4S. The second kappa shape index (κ2) is 8.79. The lowest BCUT2D eigenvalue weighted by atomic mass is 10.2. The molecule has 142 valence electrons. The summed E-state index contributed by atoms with van der Waals surface area (Å²) in [5, 5.41) is 6.37. The summed E-state index contributed by atoms with van der Waals surface area (Å²) in [6.07, 6.45) is 3.25. The normalized spacial score (nSPS) is 15.1. The van der Waals surface area contributed by atoms with Crippen LogP contribution in [0.1, 0.15) is 18.4 Å². The number of nitrogens with one attached hydrogen (secondary N) is 1. The van der Waals surface area contributed by atoms with Gasteiger partial charge in [0.05, 0.1) is 11.1 Å². The van der Waals surface area contributed by atoms with Crippen molar-refractivity contribution in [2.24, 2.45) is 5.16 Å². The molecule has 8 heteroatoms. The number of rotatable bonds is 7. The van der Waals surface area contributed by atoms with Crippen molar-refractivity contribution in [2.45, 2.75) is 17.7 Å². The summed E-state index contributed by atoms with van der Waals surface area (Å²) < 4.78 is 26.6. The molecular weight excluding hydrogens is 366 g/mol. The smallest absolute Gasteiger partial charge is 0.265 e. The van der Waals surface area contributed by atoms with Crippen LogP contribution in [0.5, 0.6) is 0 Å². The minimum Gasteiger partial charge on any atom is -0.386 e. The Balaban J connectivity index is 1.56. The van der Waals surface area contributed by atoms with Crippen LogP contribution in [0.4, 0.5) is 5.69 Å². The first-order chi connectivity index (χ1) is 13.1. The first-order valence-electron chi connectivity index (χ1n) is 8.66. The van der Waals surface area contributed by atoms with Gasteiger partial charge in [-0.3, -0.25) is 4.79 Å². The Morgan fingerprint density at radius 2 is 1.85 bits per heavy atom. The van der Waals surface area contributed by atoms with Crippen LogP contribution in [-0.2, 0) is 19.7 Å². The maximum Gasteiger partial charge on any atom is 0.265 e. The van der Waals surface area contributed by atoms with Crippen LogP contribution >= 0.6 is 0 Å². The summed E-state index contributed by atoms with van der Waals surface area (Å²) in [5.41, 5.74) is 1.26. The number of oxime groups is 1. The molecule has 1 saturated heterocycles. The summed E-state index contributed by atoms with van der Waals surface area (Å²) in [6, 6.07) is 15.6. The molecule has 0 atom stereocenters. The molecule has 2 aromatic rings. The van der Waals surface area contributed by atoms with Gasteiger partial charge in [-0.15, -0.1) is 0 Å². The Hall–Kier alpha value is -2.71. The Bertz CT molecular complexity index is 908. The standard InChI is InChI=1S/C19H21N3O4S/c23-19(15-26-20-14-16-7-2-1-3-8-16)21-17-9-6-10-18(13-17)27(24,25)22-11-4-5-12-22/h1-3,6-10,13-14H,4-5,11-12,15H2,(H,21,23)/b20-14-. The zero-order valence-electron chi connectivity index (χ0n) is 14.7. The lowest BCUT2D eigenvalue weighted by molar-refractivity contribution is -0.120. The zero-order chi connectivity index (χ0) is 19.1. The number of carbonyl (C=O) groups excluding carboxylic acids is 1. The van der Waals surface area contributed by atoms with Gasteiger partial charge < -0.3 is 10.2 Å². The van der Waals surface area contributed by atoms with Gasteiger partial charge in [0.1, 0.15) is 0 Å². The van der Waals surface area contributed by atoms with Gasteiger partial charge in [0.2, 0.25) is 10.0 Å². The van der Waals surface area contributed by atoms with Crippen molar-refractivity contribution in [1.82, 2.24) is 4.31 Å². The van der Waals surface area contributed by atoms with Crippen LogP contribution in [-0.4, -0.2) is 44.5 Å². The van der Waals surface area contributed by atoms with E-state index in [0.717, 1.165) is 18.4 Å². The second-order valence-electron chi connectivity index (χ2n) is 6.11. The third-order valence-corrected chi connectivity index (χ3v) is 5.99. The number of benzene rings is 2. The molecule has 1 aliphatic heterocycles. The number of hydrogen-bond acceptors (Lipinski definition) is 5. The molecule has 1 fully saturated rings. The van der Waals surface area contributed by atoms with Crippen LogP contribution in [0, 0.1) is 0 Å². The third kappa shape index (κ3) is 5.15. The summed E-state index contributed by atoms with van der Waals surface area (Å²) in [7, 11) is -3.52. The van der Waals surface area contributed by atoms with E-state index in [1.54, 1.807) is 12.1 Å². The van der Waals surface area contributed by atoms with E-state index in [1.807, 2.05) is 30.3 Å². The first-order valence-corrected chi connectivity index (χ1v) is 10.1. The van der Waals surface area contributed by atoms with E-state index in [-0.39, 0.29) is 11.5 Å². The molecule has 2 aromatic carbocycles. The zero-order valence-corrected chi connectivity index (χ0v) is 15.6. The number of hydrogen-bond donors (Lipinski definition) is 1. The predicted octanol–water partition coefficient (Wildman–Crippen LogP) is 2.46. The van der Waals surface area contributed by atoms with E-state index in [9.17, 15) is 13.2 Å². The van der Waals surface area contributed by atoms with Gasteiger partial charge in [0, 0.05) is 18.8 Å². The van der Waals surface area contributed by atoms with E-state index in [2.05, 4.69) is 10.5 Å². The number of carbonyl (C=O) groups is 1. The molecule has 3 rings (SSSR count). The SMILES string of the molecule is O=C(CO/N=C\c1ccccc1)Nc1cccc(S(=O)(=O)N2CCCC2)c1. The molecule has 1 aliphatic rings. The van der Waals surface area contributed by atoms with E-state index >= 15 is 0 Å². The highest BCUT2D eigenvalue weighted by molar-refractivity contribution is 7.89. The summed E-state index contributed by atoms with van der Waals surface area (Å²) in [4.78, 5) is 17.1. The molecule has 0 saturated carbocycles.